The van der Waals surface area contributed by atoms with Gasteiger partial charge in [0.2, 0.25) is 0 Å². The molecule has 2 heteroatoms. The van der Waals surface area contributed by atoms with E-state index in [0.29, 0.717) is 12.6 Å². The lowest BCUT2D eigenvalue weighted by molar-refractivity contribution is 0.353. The molecule has 0 saturated heterocycles. The van der Waals surface area contributed by atoms with Crippen LogP contribution in [0.2, 0.25) is 0 Å². The van der Waals surface area contributed by atoms with Crippen LogP contribution in [0.15, 0.2) is 0 Å². The Morgan fingerprint density at radius 2 is 1.90 bits per heavy atom. The number of hydrogen-bond donors (Lipinski definition) is 1. The molecule has 1 aliphatic rings. The van der Waals surface area contributed by atoms with Gasteiger partial charge in [0.25, 0.3) is 0 Å². The van der Waals surface area contributed by atoms with Gasteiger partial charge in [-0.25, -0.2) is 4.39 Å². The molecule has 0 heterocycles. The zero-order valence-corrected chi connectivity index (χ0v) is 6.41. The highest BCUT2D eigenvalue weighted by Gasteiger charge is 2.11. The number of alkyl halides is 1. The molecule has 1 nitrogen and oxygen atoms in total. The minimum Gasteiger partial charge on any atom is -0.311 e. The first kappa shape index (κ1) is 7.99. The molecule has 0 aliphatic heterocycles. The summed E-state index contributed by atoms with van der Waals surface area (Å²) in [5, 5.41) is 3.20. The van der Waals surface area contributed by atoms with Crippen LogP contribution in [0.4, 0.5) is 4.39 Å². The summed E-state index contributed by atoms with van der Waals surface area (Å²) >= 11 is 0. The molecule has 0 spiro atoms. The largest absolute Gasteiger partial charge is 0.311 e. The summed E-state index contributed by atoms with van der Waals surface area (Å²) in [5.41, 5.74) is 0. The van der Waals surface area contributed by atoms with Gasteiger partial charge in [-0.1, -0.05) is 19.3 Å². The predicted octanol–water partition coefficient (Wildman–Crippen LogP) is 1.88. The molecule has 1 N–H and O–H groups in total. The van der Waals surface area contributed by atoms with Crippen LogP contribution >= 0.6 is 0 Å². The third-order valence-corrected chi connectivity index (χ3v) is 2.13. The summed E-state index contributed by atoms with van der Waals surface area (Å²) in [6, 6.07) is 0.615. The van der Waals surface area contributed by atoms with Crippen molar-refractivity contribution in [3.05, 3.63) is 0 Å². The van der Waals surface area contributed by atoms with Crippen LogP contribution in [-0.2, 0) is 0 Å². The van der Waals surface area contributed by atoms with Crippen molar-refractivity contribution in [3.63, 3.8) is 0 Å². The maximum atomic E-state index is 11.7. The van der Waals surface area contributed by atoms with Crippen molar-refractivity contribution < 1.29 is 4.39 Å². The van der Waals surface area contributed by atoms with Crippen LogP contribution in [0.3, 0.4) is 0 Å². The lowest BCUT2D eigenvalue weighted by Crippen LogP contribution is -2.32. The first-order valence-corrected chi connectivity index (χ1v) is 4.23. The van der Waals surface area contributed by atoms with Crippen LogP contribution < -0.4 is 5.32 Å². The third kappa shape index (κ3) is 2.65. The molecule has 0 bridgehead atoms. The fraction of sp³-hybridized carbons (Fsp3) is 1.00. The average Bonchev–Trinajstić information content (AvgIpc) is 2.03. The first-order valence-electron chi connectivity index (χ1n) is 4.23. The molecule has 0 radical (unpaired) electrons. The Labute approximate surface area is 62.0 Å². The van der Waals surface area contributed by atoms with Gasteiger partial charge in [0.1, 0.15) is 6.67 Å². The number of halogens is 1. The van der Waals surface area contributed by atoms with E-state index in [-0.39, 0.29) is 6.67 Å². The van der Waals surface area contributed by atoms with E-state index in [9.17, 15) is 4.39 Å². The normalized spacial score (nSPS) is 21.3. The highest BCUT2D eigenvalue weighted by atomic mass is 19.1. The predicted molar refractivity (Wildman–Crippen MR) is 40.9 cm³/mol. The van der Waals surface area contributed by atoms with Crippen molar-refractivity contribution in [2.45, 2.75) is 38.1 Å². The highest BCUT2D eigenvalue weighted by Crippen LogP contribution is 2.16. The van der Waals surface area contributed by atoms with E-state index in [0.717, 1.165) is 0 Å². The van der Waals surface area contributed by atoms with Crippen molar-refractivity contribution in [1.29, 1.82) is 0 Å². The molecular weight excluding hydrogens is 129 g/mol. The minimum atomic E-state index is -0.226. The van der Waals surface area contributed by atoms with Gasteiger partial charge < -0.3 is 5.32 Å². The SMILES string of the molecule is FCCNC1CCCCC1. The van der Waals surface area contributed by atoms with Crippen molar-refractivity contribution in [2.24, 2.45) is 0 Å². The maximum Gasteiger partial charge on any atom is 0.102 e. The molecule has 1 saturated carbocycles. The number of nitrogens with one attached hydrogen (secondary N) is 1. The van der Waals surface area contributed by atoms with E-state index in [1.54, 1.807) is 0 Å². The van der Waals surface area contributed by atoms with Gasteiger partial charge in [0.05, 0.1) is 0 Å². The van der Waals surface area contributed by atoms with E-state index in [4.69, 9.17) is 0 Å². The van der Waals surface area contributed by atoms with E-state index < -0.39 is 0 Å². The first-order chi connectivity index (χ1) is 4.93. The van der Waals surface area contributed by atoms with Crippen molar-refractivity contribution in [2.75, 3.05) is 13.2 Å². The molecule has 10 heavy (non-hydrogen) atoms. The van der Waals surface area contributed by atoms with Crippen molar-refractivity contribution in [1.82, 2.24) is 5.32 Å². The molecule has 60 valence electrons. The fourth-order valence-corrected chi connectivity index (χ4v) is 1.57. The summed E-state index contributed by atoms with van der Waals surface area (Å²) in [4.78, 5) is 0. The lowest BCUT2D eigenvalue weighted by Gasteiger charge is -2.21. The third-order valence-electron chi connectivity index (χ3n) is 2.13. The van der Waals surface area contributed by atoms with Gasteiger partial charge in [-0.05, 0) is 12.8 Å². The van der Waals surface area contributed by atoms with Gasteiger partial charge in [0, 0.05) is 12.6 Å². The molecule has 1 rings (SSSR count). The van der Waals surface area contributed by atoms with Gasteiger partial charge in [0.15, 0.2) is 0 Å². The second-order valence-corrected chi connectivity index (χ2v) is 2.98. The van der Waals surface area contributed by atoms with Crippen LogP contribution in [0, 0.1) is 0 Å². The quantitative estimate of drug-likeness (QED) is 0.639. The van der Waals surface area contributed by atoms with Crippen LogP contribution in [-0.4, -0.2) is 19.3 Å². The molecule has 0 aromatic carbocycles. The summed E-state index contributed by atoms with van der Waals surface area (Å²) in [5.74, 6) is 0. The fourth-order valence-electron chi connectivity index (χ4n) is 1.57. The van der Waals surface area contributed by atoms with Gasteiger partial charge >= 0.3 is 0 Å². The van der Waals surface area contributed by atoms with E-state index in [1.807, 2.05) is 0 Å². The maximum absolute atomic E-state index is 11.7. The standard InChI is InChI=1S/C8H16FN/c9-6-7-10-8-4-2-1-3-5-8/h8,10H,1-7H2. The second kappa shape index (κ2) is 4.67. The smallest absolute Gasteiger partial charge is 0.102 e. The highest BCUT2D eigenvalue weighted by molar-refractivity contribution is 4.71. The zero-order chi connectivity index (χ0) is 7.23. The zero-order valence-electron chi connectivity index (χ0n) is 6.41. The molecule has 0 aromatic heterocycles. The summed E-state index contributed by atoms with van der Waals surface area (Å²) in [6.45, 7) is 0.321. The molecule has 1 aliphatic carbocycles. The van der Waals surface area contributed by atoms with Gasteiger partial charge in [-0.2, -0.15) is 0 Å². The Hall–Kier alpha value is -0.110. The van der Waals surface area contributed by atoms with Crippen LogP contribution in [0.5, 0.6) is 0 Å². The van der Waals surface area contributed by atoms with E-state index in [1.165, 1.54) is 32.1 Å². The second-order valence-electron chi connectivity index (χ2n) is 2.98. The summed E-state index contributed by atoms with van der Waals surface area (Å²) in [6.07, 6.45) is 6.52. The van der Waals surface area contributed by atoms with Crippen molar-refractivity contribution in [3.8, 4) is 0 Å². The van der Waals surface area contributed by atoms with Crippen molar-refractivity contribution >= 4 is 0 Å². The monoisotopic (exact) mass is 145 g/mol. The molecule has 0 atom stereocenters. The summed E-state index contributed by atoms with van der Waals surface area (Å²) < 4.78 is 11.7. The molecule has 0 amide bonds. The molecule has 0 aromatic rings. The Kier molecular flexibility index (Phi) is 3.73. The Balaban J connectivity index is 2.02. The minimum absolute atomic E-state index is 0.226. The van der Waals surface area contributed by atoms with Gasteiger partial charge in [-0.3, -0.25) is 0 Å². The lowest BCUT2D eigenvalue weighted by atomic mass is 9.96. The Morgan fingerprint density at radius 1 is 1.20 bits per heavy atom. The average molecular weight is 145 g/mol. The van der Waals surface area contributed by atoms with Gasteiger partial charge in [-0.15, -0.1) is 0 Å². The molecular formula is C8H16FN. The molecule has 1 fully saturated rings. The van der Waals surface area contributed by atoms with E-state index >= 15 is 0 Å². The van der Waals surface area contributed by atoms with E-state index in [2.05, 4.69) is 5.32 Å². The number of hydrogen-bond acceptors (Lipinski definition) is 1. The summed E-state index contributed by atoms with van der Waals surface area (Å²) in [7, 11) is 0. The van der Waals surface area contributed by atoms with Crippen LogP contribution in [0.25, 0.3) is 0 Å². The molecule has 0 unspecified atom stereocenters. The van der Waals surface area contributed by atoms with Crippen LogP contribution in [0.1, 0.15) is 32.1 Å². The topological polar surface area (TPSA) is 12.0 Å². The Morgan fingerprint density at radius 3 is 2.50 bits per heavy atom. The number of rotatable bonds is 3. The Bertz CT molecular complexity index is 79.3.